The normalized spacial score (nSPS) is 17.9. The number of carbonyl (C=O) groups is 2. The van der Waals surface area contributed by atoms with E-state index in [-0.39, 0.29) is 23.1 Å². The third-order valence-electron chi connectivity index (χ3n) is 5.46. The molecule has 8 heteroatoms. The average Bonchev–Trinajstić information content (AvgIpc) is 2.80. The number of hydrogen-bond acceptors (Lipinski definition) is 5. The maximum Gasteiger partial charge on any atom is 0.254 e. The predicted molar refractivity (Wildman–Crippen MR) is 125 cm³/mol. The zero-order valence-electron chi connectivity index (χ0n) is 18.7. The average molecular weight is 448 g/mol. The van der Waals surface area contributed by atoms with Crippen LogP contribution in [-0.4, -0.2) is 42.6 Å². The molecule has 33 heavy (non-hydrogen) atoms. The van der Waals surface area contributed by atoms with E-state index in [0.29, 0.717) is 23.2 Å². The number of anilines is 1. The summed E-state index contributed by atoms with van der Waals surface area (Å²) in [6.07, 6.45) is 2.75. The lowest BCUT2D eigenvalue weighted by Crippen LogP contribution is -2.53. The van der Waals surface area contributed by atoms with Crippen LogP contribution in [0.25, 0.3) is 0 Å². The Labute approximate surface area is 192 Å². The third kappa shape index (κ3) is 4.77. The second kappa shape index (κ2) is 10.1. The largest absolute Gasteiger partial charge is 0.394 e. The second-order valence-corrected chi connectivity index (χ2v) is 8.23. The highest BCUT2D eigenvalue weighted by molar-refractivity contribution is 6.05. The van der Waals surface area contributed by atoms with Crippen molar-refractivity contribution in [2.24, 2.45) is 5.92 Å². The summed E-state index contributed by atoms with van der Waals surface area (Å²) in [7, 11) is 1.69. The van der Waals surface area contributed by atoms with E-state index in [0.717, 1.165) is 12.3 Å². The van der Waals surface area contributed by atoms with Gasteiger partial charge in [0.05, 0.1) is 17.5 Å². The summed E-state index contributed by atoms with van der Waals surface area (Å²) in [6.45, 7) is 4.35. The predicted octanol–water partition coefficient (Wildman–Crippen LogP) is 3.65. The Kier molecular flexibility index (Phi) is 7.23. The van der Waals surface area contributed by atoms with Crippen LogP contribution in [-0.2, 0) is 4.79 Å². The molecule has 7 nitrogen and oxygen atoms in total. The number of benzene rings is 2. The highest BCUT2D eigenvalue weighted by atomic mass is 19.1. The topological polar surface area (TPSA) is 109 Å². The number of fused-ring (bicyclic) bond motifs is 1. The Bertz CT molecular complexity index is 1150. The van der Waals surface area contributed by atoms with Crippen molar-refractivity contribution in [1.82, 2.24) is 10.2 Å². The third-order valence-corrected chi connectivity index (χ3v) is 5.46. The Morgan fingerprint density at radius 1 is 1.30 bits per heavy atom. The first-order chi connectivity index (χ1) is 15.8. The Morgan fingerprint density at radius 2 is 2.03 bits per heavy atom. The molecule has 3 N–H and O–H groups in total. The Balaban J connectivity index is 2.15. The van der Waals surface area contributed by atoms with Gasteiger partial charge in [0.15, 0.2) is 0 Å². The van der Waals surface area contributed by atoms with Crippen molar-refractivity contribution in [3.05, 3.63) is 76.7 Å². The fourth-order valence-electron chi connectivity index (χ4n) is 4.13. The lowest BCUT2D eigenvalue weighted by Gasteiger charge is -2.42. The van der Waals surface area contributed by atoms with Crippen molar-refractivity contribution in [1.29, 1.82) is 10.7 Å². The SMILES string of the molecule is CN/C=C(\C=N)[C@H]1[C@H](C(=O)Nc2ccc(F)c(C#N)c2)c2ccccc2C(=O)N1CC(C)C. The van der Waals surface area contributed by atoms with Crippen molar-refractivity contribution in [2.45, 2.75) is 25.8 Å². The molecule has 1 heterocycles. The molecule has 0 saturated heterocycles. The number of nitriles is 1. The smallest absolute Gasteiger partial charge is 0.254 e. The molecule has 2 amide bonds. The molecule has 0 bridgehead atoms. The lowest BCUT2D eigenvalue weighted by molar-refractivity contribution is -0.118. The molecule has 2 aromatic carbocycles. The first-order valence-corrected chi connectivity index (χ1v) is 10.6. The molecule has 1 aliphatic heterocycles. The Hall–Kier alpha value is -3.99. The summed E-state index contributed by atoms with van der Waals surface area (Å²) in [5.41, 5.74) is 1.55. The molecular formula is C25H26FN5O2. The van der Waals surface area contributed by atoms with E-state index < -0.39 is 23.7 Å². The van der Waals surface area contributed by atoms with Crippen molar-refractivity contribution < 1.29 is 14.0 Å². The first-order valence-electron chi connectivity index (χ1n) is 10.6. The summed E-state index contributed by atoms with van der Waals surface area (Å²) in [4.78, 5) is 28.7. The van der Waals surface area contributed by atoms with Gasteiger partial charge in [-0.05, 0) is 35.7 Å². The number of nitrogens with zero attached hydrogens (tertiary/aromatic N) is 2. The van der Waals surface area contributed by atoms with Crippen LogP contribution < -0.4 is 10.6 Å². The zero-order valence-corrected chi connectivity index (χ0v) is 18.7. The van der Waals surface area contributed by atoms with Gasteiger partial charge in [0.25, 0.3) is 5.91 Å². The van der Waals surface area contributed by atoms with Crippen LogP contribution in [0.15, 0.2) is 54.2 Å². The van der Waals surface area contributed by atoms with Gasteiger partial charge in [-0.2, -0.15) is 5.26 Å². The van der Waals surface area contributed by atoms with Crippen LogP contribution in [0.2, 0.25) is 0 Å². The van der Waals surface area contributed by atoms with Gasteiger partial charge in [0.2, 0.25) is 5.91 Å². The minimum Gasteiger partial charge on any atom is -0.394 e. The first kappa shape index (κ1) is 23.7. The number of amides is 2. The maximum absolute atomic E-state index is 13.8. The van der Waals surface area contributed by atoms with Crippen LogP contribution in [0.1, 0.15) is 41.3 Å². The van der Waals surface area contributed by atoms with E-state index in [4.69, 9.17) is 10.7 Å². The Morgan fingerprint density at radius 3 is 2.67 bits per heavy atom. The molecule has 3 rings (SSSR count). The molecule has 0 aliphatic carbocycles. The van der Waals surface area contributed by atoms with Gasteiger partial charge in [-0.25, -0.2) is 4.39 Å². The van der Waals surface area contributed by atoms with E-state index in [1.165, 1.54) is 12.1 Å². The summed E-state index contributed by atoms with van der Waals surface area (Å²) >= 11 is 0. The van der Waals surface area contributed by atoms with Gasteiger partial charge in [0, 0.05) is 42.8 Å². The van der Waals surface area contributed by atoms with Crippen molar-refractivity contribution in [3.8, 4) is 6.07 Å². The molecule has 0 radical (unpaired) electrons. The molecule has 1 aliphatic rings. The molecule has 0 aromatic heterocycles. The quantitative estimate of drug-likeness (QED) is 0.563. The maximum atomic E-state index is 13.8. The molecule has 2 aromatic rings. The fourth-order valence-corrected chi connectivity index (χ4v) is 4.13. The standard InChI is InChI=1S/C25H26FN5O2/c1-15(2)14-31-23(17(12-28)13-29-3)22(19-6-4-5-7-20(19)25(31)33)24(32)30-18-8-9-21(26)16(10-18)11-27/h4-10,12-13,15,22-23,28-29H,14H2,1-3H3,(H,30,32)/b17-13+,28-12?/t22-,23+/m1/s1. The summed E-state index contributed by atoms with van der Waals surface area (Å²) in [6, 6.07) is 11.8. The molecule has 0 fully saturated rings. The van der Waals surface area contributed by atoms with Gasteiger partial charge in [-0.15, -0.1) is 0 Å². The molecule has 0 unspecified atom stereocenters. The summed E-state index contributed by atoms with van der Waals surface area (Å²) in [5.74, 6) is -2.00. The van der Waals surface area contributed by atoms with E-state index in [2.05, 4.69) is 10.6 Å². The summed E-state index contributed by atoms with van der Waals surface area (Å²) < 4.78 is 13.8. The molecule has 170 valence electrons. The number of carbonyl (C=O) groups excluding carboxylic acids is 2. The minimum atomic E-state index is -0.825. The van der Waals surface area contributed by atoms with E-state index >= 15 is 0 Å². The van der Waals surface area contributed by atoms with Crippen LogP contribution in [0.3, 0.4) is 0 Å². The monoisotopic (exact) mass is 447 g/mol. The van der Waals surface area contributed by atoms with Crippen molar-refractivity contribution in [3.63, 3.8) is 0 Å². The van der Waals surface area contributed by atoms with Gasteiger partial charge in [0.1, 0.15) is 11.9 Å². The fraction of sp³-hybridized carbons (Fsp3) is 0.280. The minimum absolute atomic E-state index is 0.127. The summed E-state index contributed by atoms with van der Waals surface area (Å²) in [5, 5.41) is 22.8. The van der Waals surface area contributed by atoms with Gasteiger partial charge in [-0.1, -0.05) is 32.0 Å². The van der Waals surface area contributed by atoms with Crippen molar-refractivity contribution >= 4 is 23.7 Å². The van der Waals surface area contributed by atoms with Gasteiger partial charge >= 0.3 is 0 Å². The molecule has 0 saturated carbocycles. The van der Waals surface area contributed by atoms with Crippen LogP contribution in [0.4, 0.5) is 10.1 Å². The van der Waals surface area contributed by atoms with Crippen LogP contribution in [0, 0.1) is 28.5 Å². The number of halogens is 1. The molecule has 0 spiro atoms. The van der Waals surface area contributed by atoms with E-state index in [1.807, 2.05) is 13.8 Å². The molecule has 2 atom stereocenters. The van der Waals surface area contributed by atoms with Crippen LogP contribution >= 0.6 is 0 Å². The van der Waals surface area contributed by atoms with Gasteiger partial charge < -0.3 is 20.9 Å². The lowest BCUT2D eigenvalue weighted by atomic mass is 9.78. The second-order valence-electron chi connectivity index (χ2n) is 8.23. The highest BCUT2D eigenvalue weighted by Gasteiger charge is 2.44. The zero-order chi connectivity index (χ0) is 24.1. The van der Waals surface area contributed by atoms with Crippen molar-refractivity contribution in [2.75, 3.05) is 18.9 Å². The number of nitrogens with one attached hydrogen (secondary N) is 3. The highest BCUT2D eigenvalue weighted by Crippen LogP contribution is 2.37. The number of rotatable bonds is 7. The number of hydrogen-bond donors (Lipinski definition) is 3. The van der Waals surface area contributed by atoms with E-state index in [9.17, 15) is 14.0 Å². The van der Waals surface area contributed by atoms with Gasteiger partial charge in [-0.3, -0.25) is 9.59 Å². The molecular weight excluding hydrogens is 421 g/mol. The van der Waals surface area contributed by atoms with E-state index in [1.54, 1.807) is 48.5 Å². The van der Waals surface area contributed by atoms with Crippen LogP contribution in [0.5, 0.6) is 0 Å².